The van der Waals surface area contributed by atoms with E-state index in [1.165, 1.54) is 11.3 Å². The second-order valence-electron chi connectivity index (χ2n) is 3.63. The van der Waals surface area contributed by atoms with Gasteiger partial charge in [-0.15, -0.1) is 11.8 Å². The van der Waals surface area contributed by atoms with Crippen LogP contribution >= 0.6 is 11.8 Å². The number of oxime groups is 1. The fourth-order valence-corrected chi connectivity index (χ4v) is 3.40. The molecule has 1 saturated heterocycles. The number of hydrogen-bond donors (Lipinski definition) is 0. The highest BCUT2D eigenvalue weighted by Crippen LogP contribution is 2.43. The smallest absolute Gasteiger partial charge is 0.126 e. The lowest BCUT2D eigenvalue weighted by Crippen LogP contribution is -2.11. The Balaban J connectivity index is 1.93. The molecule has 2 heterocycles. The number of benzene rings is 1. The lowest BCUT2D eigenvalue weighted by molar-refractivity contribution is 0.158. The first-order valence-electron chi connectivity index (χ1n) is 4.81. The van der Waals surface area contributed by atoms with Gasteiger partial charge in [0.1, 0.15) is 6.61 Å². The molecule has 0 bridgehead atoms. The third-order valence-electron chi connectivity index (χ3n) is 2.70. The molecule has 2 nitrogen and oxygen atoms in total. The highest BCUT2D eigenvalue weighted by molar-refractivity contribution is 8.00. The molecule has 0 amide bonds. The normalized spacial score (nSPS) is 29.6. The predicted molar refractivity (Wildman–Crippen MR) is 58.5 cm³/mol. The molecule has 14 heavy (non-hydrogen) atoms. The van der Waals surface area contributed by atoms with Crippen molar-refractivity contribution in [2.45, 2.75) is 5.25 Å². The molecule has 0 aromatic heterocycles. The monoisotopic (exact) mass is 205 g/mol. The largest absolute Gasteiger partial charge is 0.395 e. The maximum absolute atomic E-state index is 5.14. The summed E-state index contributed by atoms with van der Waals surface area (Å²) in [6.07, 6.45) is 0. The van der Waals surface area contributed by atoms with Crippen LogP contribution in [0, 0.1) is 5.92 Å². The van der Waals surface area contributed by atoms with Crippen molar-refractivity contribution >= 4 is 17.5 Å². The van der Waals surface area contributed by atoms with Crippen molar-refractivity contribution in [3.8, 4) is 0 Å². The van der Waals surface area contributed by atoms with E-state index in [-0.39, 0.29) is 0 Å². The van der Waals surface area contributed by atoms with Crippen molar-refractivity contribution in [1.82, 2.24) is 0 Å². The second-order valence-corrected chi connectivity index (χ2v) is 4.77. The van der Waals surface area contributed by atoms with Crippen LogP contribution in [-0.4, -0.2) is 18.1 Å². The number of nitrogens with zero attached hydrogens (tertiary/aromatic N) is 1. The minimum Gasteiger partial charge on any atom is -0.395 e. The maximum Gasteiger partial charge on any atom is 0.126 e. The Hall–Kier alpha value is -0.960. The summed E-state index contributed by atoms with van der Waals surface area (Å²) in [7, 11) is 0. The fraction of sp³-hybridized carbons (Fsp3) is 0.364. The SMILES string of the molecule is c1ccc([C@@H]2SC[C@H]3CON=C32)cc1. The number of fused-ring (bicyclic) bond motifs is 1. The Morgan fingerprint density at radius 2 is 2.14 bits per heavy atom. The van der Waals surface area contributed by atoms with Gasteiger partial charge >= 0.3 is 0 Å². The molecule has 2 aliphatic heterocycles. The van der Waals surface area contributed by atoms with E-state index in [9.17, 15) is 0 Å². The lowest BCUT2D eigenvalue weighted by Gasteiger charge is -2.08. The Labute approximate surface area is 87.3 Å². The summed E-state index contributed by atoms with van der Waals surface area (Å²) in [4.78, 5) is 5.14. The van der Waals surface area contributed by atoms with E-state index in [0.29, 0.717) is 11.2 Å². The van der Waals surface area contributed by atoms with E-state index >= 15 is 0 Å². The minimum absolute atomic E-state index is 0.434. The first-order valence-corrected chi connectivity index (χ1v) is 5.86. The van der Waals surface area contributed by atoms with Crippen molar-refractivity contribution in [2.75, 3.05) is 12.4 Å². The van der Waals surface area contributed by atoms with Gasteiger partial charge in [0.2, 0.25) is 0 Å². The number of rotatable bonds is 1. The standard InChI is InChI=1S/C11H11NOS/c1-2-4-8(5-3-1)11-10-9(7-14-11)6-13-12-10/h1-5,9,11H,6-7H2/t9-,11+/m1/s1. The van der Waals surface area contributed by atoms with Crippen LogP contribution < -0.4 is 0 Å². The summed E-state index contributed by atoms with van der Waals surface area (Å²) in [6.45, 7) is 0.783. The molecule has 3 heteroatoms. The van der Waals surface area contributed by atoms with Gasteiger partial charge < -0.3 is 4.84 Å². The molecule has 3 rings (SSSR count). The van der Waals surface area contributed by atoms with Crippen molar-refractivity contribution in [3.05, 3.63) is 35.9 Å². The van der Waals surface area contributed by atoms with E-state index in [1.807, 2.05) is 17.8 Å². The third-order valence-corrected chi connectivity index (χ3v) is 4.14. The number of hydrogen-bond acceptors (Lipinski definition) is 3. The van der Waals surface area contributed by atoms with Gasteiger partial charge in [-0.2, -0.15) is 0 Å². The van der Waals surface area contributed by atoms with E-state index in [0.717, 1.165) is 12.4 Å². The van der Waals surface area contributed by atoms with Crippen LogP contribution in [0.4, 0.5) is 0 Å². The van der Waals surface area contributed by atoms with Gasteiger partial charge in [0, 0.05) is 11.7 Å². The summed E-state index contributed by atoms with van der Waals surface area (Å²) in [5.41, 5.74) is 2.59. The maximum atomic E-state index is 5.14. The summed E-state index contributed by atoms with van der Waals surface area (Å²) in [5.74, 6) is 1.71. The molecule has 2 aliphatic rings. The molecule has 1 aromatic rings. The van der Waals surface area contributed by atoms with Gasteiger partial charge in [0.25, 0.3) is 0 Å². The first kappa shape index (κ1) is 8.36. The van der Waals surface area contributed by atoms with Gasteiger partial charge in [-0.25, -0.2) is 0 Å². The van der Waals surface area contributed by atoms with Crippen LogP contribution in [-0.2, 0) is 4.84 Å². The van der Waals surface area contributed by atoms with Gasteiger partial charge in [-0.3, -0.25) is 0 Å². The van der Waals surface area contributed by atoms with Crippen LogP contribution in [0.25, 0.3) is 0 Å². The van der Waals surface area contributed by atoms with Crippen LogP contribution in [0.3, 0.4) is 0 Å². The average molecular weight is 205 g/mol. The molecule has 0 radical (unpaired) electrons. The molecule has 0 saturated carbocycles. The third kappa shape index (κ3) is 1.23. The molecule has 1 fully saturated rings. The molecular formula is C11H11NOS. The highest BCUT2D eigenvalue weighted by atomic mass is 32.2. The average Bonchev–Trinajstić information content (AvgIpc) is 2.79. The quantitative estimate of drug-likeness (QED) is 0.702. The molecule has 1 aromatic carbocycles. The van der Waals surface area contributed by atoms with Gasteiger partial charge in [0.15, 0.2) is 0 Å². The first-order chi connectivity index (χ1) is 6.95. The van der Waals surface area contributed by atoms with Gasteiger partial charge in [-0.05, 0) is 5.56 Å². The Bertz CT molecular complexity index is 363. The molecule has 0 aliphatic carbocycles. The second kappa shape index (κ2) is 3.31. The molecule has 72 valence electrons. The van der Waals surface area contributed by atoms with E-state index in [4.69, 9.17) is 4.84 Å². The molecule has 0 N–H and O–H groups in total. The van der Waals surface area contributed by atoms with Gasteiger partial charge in [0.05, 0.1) is 11.0 Å². The van der Waals surface area contributed by atoms with E-state index in [1.54, 1.807) is 0 Å². The van der Waals surface area contributed by atoms with Crippen LogP contribution in [0.2, 0.25) is 0 Å². The van der Waals surface area contributed by atoms with Crippen LogP contribution in [0.5, 0.6) is 0 Å². The summed E-state index contributed by atoms with van der Waals surface area (Å²) in [6, 6.07) is 10.6. The zero-order valence-corrected chi connectivity index (χ0v) is 8.54. The Morgan fingerprint density at radius 1 is 1.29 bits per heavy atom. The Morgan fingerprint density at radius 3 is 3.00 bits per heavy atom. The summed E-state index contributed by atoms with van der Waals surface area (Å²) >= 11 is 1.98. The highest BCUT2D eigenvalue weighted by Gasteiger charge is 2.37. The Kier molecular flexibility index (Phi) is 1.98. The van der Waals surface area contributed by atoms with Crippen molar-refractivity contribution in [2.24, 2.45) is 11.1 Å². The van der Waals surface area contributed by atoms with Crippen LogP contribution in [0.15, 0.2) is 35.5 Å². The molecule has 0 spiro atoms. The molecular weight excluding hydrogens is 194 g/mol. The van der Waals surface area contributed by atoms with Gasteiger partial charge in [-0.1, -0.05) is 35.5 Å². The zero-order valence-electron chi connectivity index (χ0n) is 7.72. The number of thioether (sulfide) groups is 1. The molecule has 0 unspecified atom stereocenters. The van der Waals surface area contributed by atoms with Crippen molar-refractivity contribution in [3.63, 3.8) is 0 Å². The van der Waals surface area contributed by atoms with Crippen molar-refractivity contribution < 1.29 is 4.84 Å². The topological polar surface area (TPSA) is 21.6 Å². The summed E-state index contributed by atoms with van der Waals surface area (Å²) in [5, 5.41) is 4.59. The lowest BCUT2D eigenvalue weighted by atomic mass is 10.00. The van der Waals surface area contributed by atoms with Crippen LogP contribution in [0.1, 0.15) is 10.8 Å². The van der Waals surface area contributed by atoms with E-state index < -0.39 is 0 Å². The summed E-state index contributed by atoms with van der Waals surface area (Å²) < 4.78 is 0. The predicted octanol–water partition coefficient (Wildman–Crippen LogP) is 2.48. The van der Waals surface area contributed by atoms with E-state index in [2.05, 4.69) is 29.4 Å². The molecule has 2 atom stereocenters. The zero-order chi connectivity index (χ0) is 9.38. The minimum atomic E-state index is 0.434. The fourth-order valence-electron chi connectivity index (χ4n) is 1.95. The van der Waals surface area contributed by atoms with Crippen molar-refractivity contribution in [1.29, 1.82) is 0 Å².